The number of halogens is 2. The van der Waals surface area contributed by atoms with Gasteiger partial charge in [-0.2, -0.15) is 4.98 Å². The van der Waals surface area contributed by atoms with E-state index < -0.39 is 5.82 Å². The Labute approximate surface area is 167 Å². The summed E-state index contributed by atoms with van der Waals surface area (Å²) in [6.45, 7) is 9.49. The van der Waals surface area contributed by atoms with E-state index in [1.807, 2.05) is 6.92 Å². The Balaban J connectivity index is 2.28. The van der Waals surface area contributed by atoms with Crippen molar-refractivity contribution in [1.29, 1.82) is 0 Å². The Kier molecular flexibility index (Phi) is 7.11. The first-order valence-corrected chi connectivity index (χ1v) is 8.53. The highest BCUT2D eigenvalue weighted by molar-refractivity contribution is 6.32. The number of aromatic nitrogens is 2. The maximum absolute atomic E-state index is 14.3. The highest BCUT2D eigenvalue weighted by Gasteiger charge is 2.11. The van der Waals surface area contributed by atoms with Crippen molar-refractivity contribution in [1.82, 2.24) is 9.97 Å². The summed E-state index contributed by atoms with van der Waals surface area (Å²) in [7, 11) is 1.60. The number of nitrogens with one attached hydrogen (secondary N) is 3. The van der Waals surface area contributed by atoms with E-state index in [-0.39, 0.29) is 22.5 Å². The molecule has 0 aliphatic rings. The fraction of sp³-hybridized carbons (Fsp3) is 0.105. The summed E-state index contributed by atoms with van der Waals surface area (Å²) in [5.74, 6) is -0.0380. The van der Waals surface area contributed by atoms with Crippen molar-refractivity contribution in [3.8, 4) is 0 Å². The van der Waals surface area contributed by atoms with Gasteiger partial charge in [0.2, 0.25) is 5.95 Å². The predicted octanol–water partition coefficient (Wildman–Crippen LogP) is 4.43. The van der Waals surface area contributed by atoms with Crippen LogP contribution in [0.3, 0.4) is 0 Å². The lowest BCUT2D eigenvalue weighted by molar-refractivity contribution is 0.632. The predicted molar refractivity (Wildman–Crippen MR) is 115 cm³/mol. The van der Waals surface area contributed by atoms with Crippen molar-refractivity contribution in [3.05, 3.63) is 71.6 Å². The van der Waals surface area contributed by atoms with E-state index in [9.17, 15) is 4.39 Å². The first-order chi connectivity index (χ1) is 13.3. The number of anilines is 4. The van der Waals surface area contributed by atoms with E-state index >= 15 is 0 Å². The van der Waals surface area contributed by atoms with E-state index in [4.69, 9.17) is 17.3 Å². The molecular weight excluding hydrogens is 381 g/mol. The number of rotatable bonds is 8. The molecule has 1 heterocycles. The number of benzene rings is 1. The van der Waals surface area contributed by atoms with Crippen LogP contribution in [0, 0.1) is 5.82 Å². The number of nitrogens with zero attached hydrogens (tertiary/aromatic N) is 3. The standard InChI is InChI=1S/C19H21ClFN7/c1-11(2)12(3)25-13-5-6-16(21)17(7-13)27-18-15(20)10-24-19(28-18)26-14(8-22)9-23-4/h5-10,25H,1,3,22H2,2,4H3,(H2,24,26,27,28)/b14-8+,23-9?. The van der Waals surface area contributed by atoms with Crippen LogP contribution < -0.4 is 21.7 Å². The molecule has 0 bridgehead atoms. The highest BCUT2D eigenvalue weighted by Crippen LogP contribution is 2.28. The minimum absolute atomic E-state index is 0.177. The smallest absolute Gasteiger partial charge is 0.229 e. The zero-order chi connectivity index (χ0) is 20.7. The fourth-order valence-corrected chi connectivity index (χ4v) is 2.15. The first kappa shape index (κ1) is 20.9. The van der Waals surface area contributed by atoms with Gasteiger partial charge in [-0.1, -0.05) is 24.8 Å². The Morgan fingerprint density at radius 1 is 1.32 bits per heavy atom. The summed E-state index contributed by atoms with van der Waals surface area (Å²) in [5, 5.41) is 9.03. The molecule has 0 unspecified atom stereocenters. The van der Waals surface area contributed by atoms with E-state index in [0.717, 1.165) is 5.57 Å². The van der Waals surface area contributed by atoms with Crippen LogP contribution in [-0.4, -0.2) is 23.2 Å². The van der Waals surface area contributed by atoms with Crippen LogP contribution in [0.1, 0.15) is 6.92 Å². The Hall–Kier alpha value is -3.39. The molecule has 1 aromatic carbocycles. The quantitative estimate of drug-likeness (QED) is 0.385. The van der Waals surface area contributed by atoms with E-state index in [2.05, 4.69) is 44.1 Å². The molecule has 9 heteroatoms. The summed E-state index contributed by atoms with van der Waals surface area (Å²) in [5.41, 5.74) is 8.21. The molecule has 0 saturated heterocycles. The van der Waals surface area contributed by atoms with Crippen molar-refractivity contribution >= 4 is 41.0 Å². The second kappa shape index (κ2) is 9.52. The molecule has 0 saturated carbocycles. The molecule has 2 aromatic rings. The summed E-state index contributed by atoms with van der Waals surface area (Å²) < 4.78 is 14.3. The molecule has 2 rings (SSSR count). The van der Waals surface area contributed by atoms with Gasteiger partial charge in [-0.3, -0.25) is 4.99 Å². The highest BCUT2D eigenvalue weighted by atomic mass is 35.5. The molecule has 0 fully saturated rings. The van der Waals surface area contributed by atoms with Crippen molar-refractivity contribution < 1.29 is 4.39 Å². The normalized spacial score (nSPS) is 11.4. The average molecular weight is 402 g/mol. The van der Waals surface area contributed by atoms with Gasteiger partial charge in [0.1, 0.15) is 10.8 Å². The molecule has 7 nitrogen and oxygen atoms in total. The van der Waals surface area contributed by atoms with Crippen molar-refractivity contribution in [2.45, 2.75) is 6.92 Å². The number of allylic oxidation sites excluding steroid dienone is 2. The second-order valence-corrected chi connectivity index (χ2v) is 6.14. The number of hydrogen-bond donors (Lipinski definition) is 4. The average Bonchev–Trinajstić information content (AvgIpc) is 2.66. The zero-order valence-electron chi connectivity index (χ0n) is 15.6. The van der Waals surface area contributed by atoms with Gasteiger partial charge >= 0.3 is 0 Å². The topological polar surface area (TPSA) is 100 Å². The minimum Gasteiger partial charge on any atom is -0.403 e. The molecule has 1 aromatic heterocycles. The molecule has 5 N–H and O–H groups in total. The van der Waals surface area contributed by atoms with Crippen LogP contribution >= 0.6 is 11.6 Å². The third-order valence-corrected chi connectivity index (χ3v) is 3.75. The lowest BCUT2D eigenvalue weighted by Gasteiger charge is -2.14. The van der Waals surface area contributed by atoms with Crippen LogP contribution in [0.2, 0.25) is 5.02 Å². The maximum Gasteiger partial charge on any atom is 0.229 e. The Bertz CT molecular complexity index is 953. The third-order valence-electron chi connectivity index (χ3n) is 3.48. The van der Waals surface area contributed by atoms with Gasteiger partial charge in [0.15, 0.2) is 5.82 Å². The van der Waals surface area contributed by atoms with Crippen LogP contribution in [0.5, 0.6) is 0 Å². The Morgan fingerprint density at radius 2 is 2.07 bits per heavy atom. The number of aliphatic imine (C=N–C) groups is 1. The van der Waals surface area contributed by atoms with Crippen LogP contribution in [0.4, 0.5) is 27.5 Å². The summed E-state index contributed by atoms with van der Waals surface area (Å²) in [6.07, 6.45) is 4.22. The van der Waals surface area contributed by atoms with E-state index in [1.165, 1.54) is 24.7 Å². The van der Waals surface area contributed by atoms with E-state index in [1.54, 1.807) is 19.2 Å². The summed E-state index contributed by atoms with van der Waals surface area (Å²) >= 11 is 6.15. The van der Waals surface area contributed by atoms with Crippen LogP contribution in [0.15, 0.2) is 65.7 Å². The minimum atomic E-state index is -0.476. The van der Waals surface area contributed by atoms with Gasteiger partial charge < -0.3 is 21.7 Å². The molecular formula is C19H21ClFN7. The van der Waals surface area contributed by atoms with Crippen LogP contribution in [-0.2, 0) is 0 Å². The van der Waals surface area contributed by atoms with Gasteiger partial charge in [0.25, 0.3) is 0 Å². The summed E-state index contributed by atoms with van der Waals surface area (Å²) in [4.78, 5) is 12.2. The Morgan fingerprint density at radius 3 is 2.71 bits per heavy atom. The fourth-order valence-electron chi connectivity index (χ4n) is 2.01. The van der Waals surface area contributed by atoms with Gasteiger partial charge in [-0.05, 0) is 30.7 Å². The lowest BCUT2D eigenvalue weighted by atomic mass is 10.2. The lowest BCUT2D eigenvalue weighted by Crippen LogP contribution is -2.08. The zero-order valence-corrected chi connectivity index (χ0v) is 16.3. The van der Waals surface area contributed by atoms with Crippen molar-refractivity contribution in [2.24, 2.45) is 10.7 Å². The van der Waals surface area contributed by atoms with E-state index in [0.29, 0.717) is 17.1 Å². The van der Waals surface area contributed by atoms with Gasteiger partial charge in [0.05, 0.1) is 17.6 Å². The molecule has 28 heavy (non-hydrogen) atoms. The molecule has 0 aliphatic carbocycles. The monoisotopic (exact) mass is 401 g/mol. The largest absolute Gasteiger partial charge is 0.403 e. The number of hydrogen-bond acceptors (Lipinski definition) is 7. The molecule has 0 radical (unpaired) electrons. The molecule has 0 amide bonds. The van der Waals surface area contributed by atoms with Gasteiger partial charge in [0, 0.05) is 30.8 Å². The molecule has 0 aliphatic heterocycles. The molecule has 0 spiro atoms. The van der Waals surface area contributed by atoms with Crippen molar-refractivity contribution in [2.75, 3.05) is 23.0 Å². The van der Waals surface area contributed by atoms with Gasteiger partial charge in [-0.15, -0.1) is 0 Å². The van der Waals surface area contributed by atoms with Crippen molar-refractivity contribution in [3.63, 3.8) is 0 Å². The first-order valence-electron chi connectivity index (χ1n) is 8.16. The third kappa shape index (κ3) is 5.55. The summed E-state index contributed by atoms with van der Waals surface area (Å²) in [6, 6.07) is 4.48. The molecule has 0 atom stereocenters. The molecule has 146 valence electrons. The number of nitrogens with two attached hydrogens (primary N) is 1. The maximum atomic E-state index is 14.3. The SMILES string of the molecule is C=C(C)C(=C)Nc1ccc(F)c(Nc2nc(N/C(C=NC)=C/N)ncc2Cl)c1. The second-order valence-electron chi connectivity index (χ2n) is 5.73. The van der Waals surface area contributed by atoms with Crippen LogP contribution in [0.25, 0.3) is 0 Å². The van der Waals surface area contributed by atoms with Gasteiger partial charge in [-0.25, -0.2) is 9.37 Å².